The lowest BCUT2D eigenvalue weighted by Crippen LogP contribution is -2.60. The van der Waals surface area contributed by atoms with Gasteiger partial charge < -0.3 is 19.5 Å². The van der Waals surface area contributed by atoms with Crippen LogP contribution in [0.2, 0.25) is 0 Å². The van der Waals surface area contributed by atoms with Crippen LogP contribution in [-0.2, 0) is 23.9 Å². The summed E-state index contributed by atoms with van der Waals surface area (Å²) in [6.45, 7) is 12.6. The fraction of sp³-hybridized carbons (Fsp3) is 0.828. The van der Waals surface area contributed by atoms with Crippen LogP contribution in [0, 0.1) is 34.5 Å². The van der Waals surface area contributed by atoms with Gasteiger partial charge in [-0.3, -0.25) is 14.4 Å². The molecule has 0 amide bonds. The van der Waals surface area contributed by atoms with E-state index in [0.29, 0.717) is 19.4 Å². The molecule has 0 spiro atoms. The van der Waals surface area contributed by atoms with Crippen molar-refractivity contribution < 1.29 is 29.0 Å². The maximum absolute atomic E-state index is 13.6. The summed E-state index contributed by atoms with van der Waals surface area (Å²) in [7, 11) is 3.85. The zero-order valence-electron chi connectivity index (χ0n) is 23.6. The average Bonchev–Trinajstić information content (AvgIpc) is 2.74. The van der Waals surface area contributed by atoms with Crippen LogP contribution >= 0.6 is 0 Å². The lowest BCUT2D eigenvalue weighted by molar-refractivity contribution is -0.191. The minimum Gasteiger partial charge on any atom is -0.462 e. The van der Waals surface area contributed by atoms with Crippen LogP contribution in [0.4, 0.5) is 0 Å². The van der Waals surface area contributed by atoms with E-state index < -0.39 is 5.60 Å². The Morgan fingerprint density at radius 2 is 1.83 bits per heavy atom. The molecule has 0 saturated heterocycles. The van der Waals surface area contributed by atoms with Gasteiger partial charge in [0.15, 0.2) is 0 Å². The zero-order valence-corrected chi connectivity index (χ0v) is 23.6. The number of Topliss-reactive ketones (excluding diaryl/α,β-unsaturated/α-hetero) is 1. The van der Waals surface area contributed by atoms with E-state index in [4.69, 9.17) is 9.47 Å². The van der Waals surface area contributed by atoms with Gasteiger partial charge in [-0.15, -0.1) is 0 Å². The number of aliphatic hydroxyl groups is 1. The van der Waals surface area contributed by atoms with Crippen molar-refractivity contribution >= 4 is 17.7 Å². The first kappa shape index (κ1) is 28.8. The largest absolute Gasteiger partial charge is 0.462 e. The number of nitrogens with zero attached hydrogens (tertiary/aromatic N) is 1. The number of allylic oxidation sites excluding steroid dienone is 1. The molecule has 3 saturated carbocycles. The molecule has 3 rings (SSSR count). The van der Waals surface area contributed by atoms with E-state index >= 15 is 0 Å². The normalized spacial score (nSPS) is 35.2. The Morgan fingerprint density at radius 1 is 1.17 bits per heavy atom. The summed E-state index contributed by atoms with van der Waals surface area (Å²) in [4.78, 5) is 40.2. The van der Waals surface area contributed by atoms with Crippen molar-refractivity contribution in [3.63, 3.8) is 0 Å². The highest BCUT2D eigenvalue weighted by Gasteiger charge is 2.62. The number of carbonyl (C=O) groups is 3. The maximum Gasteiger partial charge on any atom is 0.311 e. The summed E-state index contributed by atoms with van der Waals surface area (Å²) in [5, 5.41) is 10.0. The van der Waals surface area contributed by atoms with Crippen molar-refractivity contribution in [3.8, 4) is 0 Å². The van der Waals surface area contributed by atoms with Crippen molar-refractivity contribution in [1.29, 1.82) is 0 Å². The van der Waals surface area contributed by atoms with Crippen LogP contribution < -0.4 is 0 Å². The van der Waals surface area contributed by atoms with Crippen LogP contribution in [0.1, 0.15) is 86.5 Å². The topological polar surface area (TPSA) is 93.1 Å². The highest BCUT2D eigenvalue weighted by Crippen LogP contribution is 2.64. The van der Waals surface area contributed by atoms with Gasteiger partial charge in [-0.25, -0.2) is 0 Å². The molecule has 0 aromatic heterocycles. The van der Waals surface area contributed by atoms with E-state index in [1.54, 1.807) is 20.1 Å². The van der Waals surface area contributed by atoms with Crippen molar-refractivity contribution in [2.45, 2.75) is 98.2 Å². The molecule has 7 nitrogen and oxygen atoms in total. The number of hydrogen-bond donors (Lipinski definition) is 1. The molecule has 1 N–H and O–H groups in total. The predicted octanol–water partition coefficient (Wildman–Crippen LogP) is 4.52. The molecule has 3 fully saturated rings. The van der Waals surface area contributed by atoms with Gasteiger partial charge in [-0.1, -0.05) is 27.7 Å². The van der Waals surface area contributed by atoms with Gasteiger partial charge in [0.2, 0.25) is 0 Å². The lowest BCUT2D eigenvalue weighted by atomic mass is 9.42. The Balaban J connectivity index is 1.74. The molecule has 3 aliphatic carbocycles. The van der Waals surface area contributed by atoms with E-state index in [2.05, 4.69) is 27.7 Å². The lowest BCUT2D eigenvalue weighted by Gasteiger charge is -2.62. The summed E-state index contributed by atoms with van der Waals surface area (Å²) >= 11 is 0. The SMILES string of the molecule is CC1/C(=C\OC(=O)CCN(C)C)CCC2[C@H]1C(=O)CC1C(C)(C)[C@@H](OC(=O)CC(C)(C)O)CC[C@]21C. The molecule has 0 heterocycles. The third kappa shape index (κ3) is 6.04. The van der Waals surface area contributed by atoms with Gasteiger partial charge in [0.1, 0.15) is 11.9 Å². The zero-order chi connectivity index (χ0) is 27.1. The minimum absolute atomic E-state index is 0.0244. The number of hydrogen-bond acceptors (Lipinski definition) is 7. The van der Waals surface area contributed by atoms with Gasteiger partial charge >= 0.3 is 11.9 Å². The molecule has 36 heavy (non-hydrogen) atoms. The summed E-state index contributed by atoms with van der Waals surface area (Å²) in [5.41, 5.74) is -0.422. The molecule has 0 bridgehead atoms. The van der Waals surface area contributed by atoms with Gasteiger partial charge in [0.05, 0.1) is 24.7 Å². The second-order valence-corrected chi connectivity index (χ2v) is 13.3. The fourth-order valence-corrected chi connectivity index (χ4v) is 7.34. The Morgan fingerprint density at radius 3 is 2.44 bits per heavy atom. The van der Waals surface area contributed by atoms with Crippen LogP contribution in [-0.4, -0.2) is 60.1 Å². The average molecular weight is 506 g/mol. The molecule has 6 atom stereocenters. The number of carbonyl (C=O) groups excluding carboxylic acids is 3. The van der Waals surface area contributed by atoms with Gasteiger partial charge in [-0.2, -0.15) is 0 Å². The molecule has 3 unspecified atom stereocenters. The van der Waals surface area contributed by atoms with E-state index in [1.807, 2.05) is 19.0 Å². The fourth-order valence-electron chi connectivity index (χ4n) is 7.34. The first-order valence-corrected chi connectivity index (χ1v) is 13.5. The second-order valence-electron chi connectivity index (χ2n) is 13.3. The van der Waals surface area contributed by atoms with Crippen LogP contribution in [0.5, 0.6) is 0 Å². The number of ketones is 1. The minimum atomic E-state index is -1.11. The smallest absolute Gasteiger partial charge is 0.311 e. The summed E-state index contributed by atoms with van der Waals surface area (Å²) in [5.74, 6) is -0.00669. The Labute approximate surface area is 217 Å². The molecule has 0 radical (unpaired) electrons. The van der Waals surface area contributed by atoms with E-state index in [9.17, 15) is 19.5 Å². The van der Waals surface area contributed by atoms with Crippen molar-refractivity contribution in [3.05, 3.63) is 11.8 Å². The second kappa shape index (κ2) is 10.6. The third-order valence-electron chi connectivity index (χ3n) is 9.35. The summed E-state index contributed by atoms with van der Waals surface area (Å²) in [6, 6.07) is 0. The molecular weight excluding hydrogens is 458 g/mol. The van der Waals surface area contributed by atoms with E-state index in [-0.39, 0.29) is 64.7 Å². The first-order chi connectivity index (χ1) is 16.6. The highest BCUT2D eigenvalue weighted by atomic mass is 16.5. The summed E-state index contributed by atoms with van der Waals surface area (Å²) < 4.78 is 11.4. The van der Waals surface area contributed by atoms with Gasteiger partial charge in [0, 0.05) is 24.3 Å². The molecule has 7 heteroatoms. The Hall–Kier alpha value is -1.73. The monoisotopic (exact) mass is 505 g/mol. The van der Waals surface area contributed by atoms with E-state index in [1.165, 1.54) is 0 Å². The van der Waals surface area contributed by atoms with Crippen LogP contribution in [0.25, 0.3) is 0 Å². The Kier molecular flexibility index (Phi) is 8.46. The van der Waals surface area contributed by atoms with Crippen LogP contribution in [0.15, 0.2) is 11.8 Å². The van der Waals surface area contributed by atoms with Crippen molar-refractivity contribution in [2.75, 3.05) is 20.6 Å². The third-order valence-corrected chi connectivity index (χ3v) is 9.35. The van der Waals surface area contributed by atoms with Crippen molar-refractivity contribution in [1.82, 2.24) is 4.90 Å². The maximum atomic E-state index is 13.6. The standard InChI is InChI=1S/C29H47NO6/c1-18-19(17-35-24(32)12-14-30(7)8)9-10-20-26(18)21(31)15-22-28(4,5)23(11-13-29(20,22)6)36-25(33)16-27(2,3)34/h17-18,20,22-23,26,34H,9-16H2,1-8H3/b19-17-/t18?,20?,22?,23-,26-,29+/m0/s1. The predicted molar refractivity (Wildman–Crippen MR) is 138 cm³/mol. The summed E-state index contributed by atoms with van der Waals surface area (Å²) in [6.07, 6.45) is 5.50. The molecule has 0 aromatic rings. The number of esters is 2. The molecule has 0 aromatic carbocycles. The first-order valence-electron chi connectivity index (χ1n) is 13.5. The van der Waals surface area contributed by atoms with Gasteiger partial charge in [-0.05, 0) is 82.4 Å². The molecule has 0 aliphatic heterocycles. The van der Waals surface area contributed by atoms with E-state index in [0.717, 1.165) is 31.3 Å². The number of fused-ring (bicyclic) bond motifs is 3. The quantitative estimate of drug-likeness (QED) is 0.402. The van der Waals surface area contributed by atoms with Gasteiger partial charge in [0.25, 0.3) is 0 Å². The van der Waals surface area contributed by atoms with Crippen LogP contribution in [0.3, 0.4) is 0 Å². The number of rotatable bonds is 7. The molecule has 3 aliphatic rings. The Bertz CT molecular complexity index is 885. The molecular formula is C29H47NO6. The molecule has 204 valence electrons. The van der Waals surface area contributed by atoms with Crippen molar-refractivity contribution in [2.24, 2.45) is 34.5 Å². The number of ether oxygens (including phenoxy) is 2. The highest BCUT2D eigenvalue weighted by molar-refractivity contribution is 5.84.